The second kappa shape index (κ2) is 16.6. The van der Waals surface area contributed by atoms with E-state index in [-0.39, 0.29) is 18.0 Å². The van der Waals surface area contributed by atoms with Crippen molar-refractivity contribution in [2.45, 2.75) is 44.5 Å². The Morgan fingerprint density at radius 2 is 1.38 bits per heavy atom. The van der Waals surface area contributed by atoms with Crippen molar-refractivity contribution in [2.75, 3.05) is 41.7 Å². The minimum atomic E-state index is -0.988. The molecule has 0 saturated carbocycles. The molecule has 4 aromatic rings. The molecule has 3 aliphatic heterocycles. The number of aliphatic hydroxyl groups excluding tert-OH is 1. The van der Waals surface area contributed by atoms with E-state index >= 15 is 0 Å². The number of methoxy groups -OCH3 is 4. The highest BCUT2D eigenvalue weighted by Crippen LogP contribution is 2.43. The molecule has 0 radical (unpaired) electrons. The molecule has 0 aromatic heterocycles. The van der Waals surface area contributed by atoms with Crippen molar-refractivity contribution < 1.29 is 38.3 Å². The van der Waals surface area contributed by atoms with E-state index in [2.05, 4.69) is 18.6 Å². The number of hydrogen-bond donors (Lipinski definition) is 1. The maximum Gasteiger partial charge on any atom is 0.260 e. The third kappa shape index (κ3) is 7.65. The van der Waals surface area contributed by atoms with E-state index < -0.39 is 6.23 Å². The molecule has 56 heavy (non-hydrogen) atoms. The van der Waals surface area contributed by atoms with Gasteiger partial charge in [0.25, 0.3) is 5.91 Å². The predicted molar refractivity (Wildman–Crippen MR) is 216 cm³/mol. The van der Waals surface area contributed by atoms with Crippen LogP contribution in [0.4, 0.5) is 11.4 Å². The number of aliphatic imine (C=N–C) groups is 2. The quantitative estimate of drug-likeness (QED) is 0.0949. The van der Waals surface area contributed by atoms with Gasteiger partial charge in [0.15, 0.2) is 29.2 Å². The summed E-state index contributed by atoms with van der Waals surface area (Å²) >= 11 is 0. The number of fused-ring (bicyclic) bond motifs is 2. The smallest absolute Gasteiger partial charge is 0.260 e. The summed E-state index contributed by atoms with van der Waals surface area (Å²) in [6, 6.07) is 22.4. The van der Waals surface area contributed by atoms with Crippen molar-refractivity contribution in [3.05, 3.63) is 107 Å². The van der Waals surface area contributed by atoms with E-state index in [0.29, 0.717) is 71.6 Å². The fourth-order valence-electron chi connectivity index (χ4n) is 7.23. The number of carbonyl (C=O) groups is 1. The maximum atomic E-state index is 13.8. The van der Waals surface area contributed by atoms with Gasteiger partial charge < -0.3 is 43.3 Å². The molecule has 290 valence electrons. The molecule has 0 fully saturated rings. The summed E-state index contributed by atoms with van der Waals surface area (Å²) in [5, 5.41) is 11.6. The monoisotopic (exact) mass is 758 g/mol. The van der Waals surface area contributed by atoms with Crippen LogP contribution < -0.4 is 28.4 Å². The maximum absolute atomic E-state index is 13.8. The van der Waals surface area contributed by atoms with E-state index in [4.69, 9.17) is 33.4 Å². The third-order valence-corrected chi connectivity index (χ3v) is 10.3. The fraction of sp³-hybridized carbons (Fsp3) is 0.295. The SMILES string of the molecule is C=Nc1cc(OCCCOc2cc3c(cc2OC)C(=O)N2C=C(c4ccc(OC)cc4)C[C@H]2C=N3)c(OC)cc1C(O)N1C=C(c2ccc(OC)cc2)C[C@H]1C. The van der Waals surface area contributed by atoms with Gasteiger partial charge >= 0.3 is 0 Å². The van der Waals surface area contributed by atoms with Gasteiger partial charge in [-0.25, -0.2) is 0 Å². The van der Waals surface area contributed by atoms with Crippen molar-refractivity contribution in [1.29, 1.82) is 0 Å². The molecular formula is C44H46N4O8. The Balaban J connectivity index is 0.985. The van der Waals surface area contributed by atoms with Crippen molar-refractivity contribution in [3.63, 3.8) is 0 Å². The van der Waals surface area contributed by atoms with Crippen LogP contribution in [-0.4, -0.2) is 87.5 Å². The number of rotatable bonds is 15. The van der Waals surface area contributed by atoms with Gasteiger partial charge in [-0.05, 0) is 78.7 Å². The first-order valence-corrected chi connectivity index (χ1v) is 18.4. The van der Waals surface area contributed by atoms with Crippen LogP contribution in [0, 0.1) is 0 Å². The molecule has 12 nitrogen and oxygen atoms in total. The third-order valence-electron chi connectivity index (χ3n) is 10.3. The summed E-state index contributed by atoms with van der Waals surface area (Å²) in [5.41, 5.74) is 6.25. The van der Waals surface area contributed by atoms with Crippen LogP contribution in [0.25, 0.3) is 11.1 Å². The number of nitrogens with zero attached hydrogens (tertiary/aromatic N) is 4. The molecule has 12 heteroatoms. The summed E-state index contributed by atoms with van der Waals surface area (Å²) in [5.74, 6) is 3.24. The molecule has 0 spiro atoms. The van der Waals surface area contributed by atoms with Gasteiger partial charge in [-0.15, -0.1) is 0 Å². The van der Waals surface area contributed by atoms with E-state index in [0.717, 1.165) is 40.2 Å². The van der Waals surface area contributed by atoms with Gasteiger partial charge in [0.05, 0.1) is 64.6 Å². The molecule has 3 atom stereocenters. The lowest BCUT2D eigenvalue weighted by Crippen LogP contribution is -2.32. The number of ether oxygens (including phenoxy) is 6. The number of amides is 1. The van der Waals surface area contributed by atoms with Crippen molar-refractivity contribution in [3.8, 4) is 34.5 Å². The lowest BCUT2D eigenvalue weighted by Gasteiger charge is -2.29. The van der Waals surface area contributed by atoms with Gasteiger partial charge in [0.1, 0.15) is 11.5 Å². The summed E-state index contributed by atoms with van der Waals surface area (Å²) < 4.78 is 34.2. The standard InChI is InChI=1S/C44H46N4O8/c1-27-18-30(28-8-12-33(51-3)13-9-28)25-47(27)43(49)35-20-39(53-5)41(22-37(35)45-2)55-16-7-17-56-42-23-38-36(21-40(42)54-6)44(50)48-26-31(19-32(48)24-46-38)29-10-14-34(52-4)15-11-29/h8-15,20-27,32,43,49H,2,7,16-19H2,1,3-6H3/t27-,32+,43?/m1/s1. The molecular weight excluding hydrogens is 713 g/mol. The molecule has 1 N–H and O–H groups in total. The molecule has 4 aromatic carbocycles. The number of hydrogen-bond acceptors (Lipinski definition) is 11. The summed E-state index contributed by atoms with van der Waals surface area (Å²) in [4.78, 5) is 26.3. The Hall–Kier alpha value is -6.27. The van der Waals surface area contributed by atoms with E-state index in [1.54, 1.807) is 57.6 Å². The Labute approximate surface area is 326 Å². The Morgan fingerprint density at radius 1 is 0.786 bits per heavy atom. The Kier molecular flexibility index (Phi) is 11.3. The van der Waals surface area contributed by atoms with Crippen LogP contribution in [-0.2, 0) is 0 Å². The minimum absolute atomic E-state index is 0.0423. The minimum Gasteiger partial charge on any atom is -0.497 e. The normalized spacial score (nSPS) is 17.6. The summed E-state index contributed by atoms with van der Waals surface area (Å²) in [6.07, 6.45) is 6.65. The molecule has 7 rings (SSSR count). The van der Waals surface area contributed by atoms with Crippen LogP contribution in [0.2, 0.25) is 0 Å². The van der Waals surface area contributed by atoms with Gasteiger partial charge in [0, 0.05) is 55.2 Å². The second-order valence-electron chi connectivity index (χ2n) is 13.7. The van der Waals surface area contributed by atoms with Crippen molar-refractivity contribution in [1.82, 2.24) is 9.80 Å². The zero-order valence-corrected chi connectivity index (χ0v) is 32.2. The zero-order chi connectivity index (χ0) is 39.3. The fourth-order valence-corrected chi connectivity index (χ4v) is 7.23. The molecule has 3 heterocycles. The summed E-state index contributed by atoms with van der Waals surface area (Å²) in [6.45, 7) is 6.43. The Morgan fingerprint density at radius 3 is 1.96 bits per heavy atom. The van der Waals surface area contributed by atoms with Crippen LogP contribution in [0.5, 0.6) is 34.5 Å². The van der Waals surface area contributed by atoms with Crippen LogP contribution >= 0.6 is 0 Å². The first kappa shape index (κ1) is 38.0. The number of benzene rings is 4. The predicted octanol–water partition coefficient (Wildman–Crippen LogP) is 8.00. The van der Waals surface area contributed by atoms with Crippen molar-refractivity contribution in [2.24, 2.45) is 9.98 Å². The van der Waals surface area contributed by atoms with Gasteiger partial charge in [0.2, 0.25) is 0 Å². The van der Waals surface area contributed by atoms with E-state index in [1.165, 1.54) is 0 Å². The Bertz CT molecular complexity index is 2180. The molecule has 1 unspecified atom stereocenters. The summed E-state index contributed by atoms with van der Waals surface area (Å²) in [7, 11) is 6.38. The zero-order valence-electron chi connectivity index (χ0n) is 32.2. The average Bonchev–Trinajstić information content (AvgIpc) is 3.82. The molecule has 0 saturated heterocycles. The number of carbonyl (C=O) groups excluding carboxylic acids is 1. The van der Waals surface area contributed by atoms with Crippen molar-refractivity contribution >= 4 is 41.4 Å². The molecule has 0 aliphatic carbocycles. The highest BCUT2D eigenvalue weighted by atomic mass is 16.5. The first-order chi connectivity index (χ1) is 27.2. The molecule has 0 bridgehead atoms. The second-order valence-corrected chi connectivity index (χ2v) is 13.7. The first-order valence-electron chi connectivity index (χ1n) is 18.4. The van der Waals surface area contributed by atoms with E-state index in [9.17, 15) is 9.90 Å². The largest absolute Gasteiger partial charge is 0.497 e. The highest BCUT2D eigenvalue weighted by Gasteiger charge is 2.34. The topological polar surface area (TPSA) is 124 Å². The average molecular weight is 759 g/mol. The highest BCUT2D eigenvalue weighted by molar-refractivity contribution is 6.05. The van der Waals surface area contributed by atoms with Gasteiger partial charge in [-0.1, -0.05) is 24.3 Å². The van der Waals surface area contributed by atoms with Gasteiger partial charge in [-0.2, -0.15) is 0 Å². The van der Waals surface area contributed by atoms with Gasteiger partial charge in [-0.3, -0.25) is 14.8 Å². The lowest BCUT2D eigenvalue weighted by atomic mass is 10.0. The molecule has 3 aliphatic rings. The number of aliphatic hydroxyl groups is 1. The van der Waals surface area contributed by atoms with Crippen LogP contribution in [0.3, 0.4) is 0 Å². The van der Waals surface area contributed by atoms with Crippen LogP contribution in [0.1, 0.15) is 59.5 Å². The molecule has 1 amide bonds. The van der Waals surface area contributed by atoms with Crippen LogP contribution in [0.15, 0.2) is 95.2 Å². The van der Waals surface area contributed by atoms with E-state index in [1.807, 2.05) is 72.0 Å². The lowest BCUT2D eigenvalue weighted by molar-refractivity contribution is 0.0210.